The van der Waals surface area contributed by atoms with Gasteiger partial charge in [0.25, 0.3) is 0 Å². The van der Waals surface area contributed by atoms with Gasteiger partial charge in [-0.2, -0.15) is 0 Å². The molecule has 5 nitrogen and oxygen atoms in total. The molecule has 0 amide bonds. The van der Waals surface area contributed by atoms with Crippen molar-refractivity contribution in [3.8, 4) is 22.9 Å². The van der Waals surface area contributed by atoms with E-state index < -0.39 is 5.97 Å². The van der Waals surface area contributed by atoms with Gasteiger partial charge in [-0.15, -0.1) is 6.58 Å². The normalized spacial score (nSPS) is 11.7. The molecule has 0 aliphatic heterocycles. The Bertz CT molecular complexity index is 1140. The van der Waals surface area contributed by atoms with E-state index in [1.807, 2.05) is 54.6 Å². The number of ether oxygens (including phenoxy) is 2. The highest BCUT2D eigenvalue weighted by atomic mass is 16.5. The van der Waals surface area contributed by atoms with Gasteiger partial charge in [0.1, 0.15) is 5.75 Å². The average Bonchev–Trinajstić information content (AvgIpc) is 3.01. The summed E-state index contributed by atoms with van der Waals surface area (Å²) in [4.78, 5) is 21.3. The van der Waals surface area contributed by atoms with Crippen molar-refractivity contribution in [2.75, 3.05) is 6.61 Å². The molecule has 2 aromatic carbocycles. The summed E-state index contributed by atoms with van der Waals surface area (Å²) in [5.74, 6) is 1.43. The third kappa shape index (κ3) is 12.3. The number of esters is 1. The summed E-state index contributed by atoms with van der Waals surface area (Å²) < 4.78 is 11.3. The number of aryl methyl sites for hydroxylation is 1. The average molecular weight is 557 g/mol. The van der Waals surface area contributed by atoms with Crippen LogP contribution in [0.5, 0.6) is 11.6 Å². The molecule has 0 saturated heterocycles. The zero-order chi connectivity index (χ0) is 29.1. The number of nitrogens with zero attached hydrogens (tertiary/aromatic N) is 2. The maximum absolute atomic E-state index is 12.6. The van der Waals surface area contributed by atoms with Gasteiger partial charge in [-0.3, -0.25) is 0 Å². The topological polar surface area (TPSA) is 61.3 Å². The third-order valence-corrected chi connectivity index (χ3v) is 7.60. The predicted molar refractivity (Wildman–Crippen MR) is 169 cm³/mol. The maximum Gasteiger partial charge on any atom is 0.344 e. The van der Waals surface area contributed by atoms with E-state index in [2.05, 4.69) is 30.4 Å². The van der Waals surface area contributed by atoms with Gasteiger partial charge < -0.3 is 9.47 Å². The number of hydrogen-bond donors (Lipinski definition) is 0. The largest absolute Gasteiger partial charge is 0.494 e. The van der Waals surface area contributed by atoms with Crippen LogP contribution >= 0.6 is 0 Å². The van der Waals surface area contributed by atoms with Crippen LogP contribution in [0.4, 0.5) is 0 Å². The minimum atomic E-state index is -0.431. The molecule has 0 aliphatic rings. The van der Waals surface area contributed by atoms with Gasteiger partial charge in [0.05, 0.1) is 30.3 Å². The Morgan fingerprint density at radius 1 is 0.854 bits per heavy atom. The van der Waals surface area contributed by atoms with E-state index in [9.17, 15) is 4.79 Å². The summed E-state index contributed by atoms with van der Waals surface area (Å²) in [7, 11) is 0. The molecule has 5 heteroatoms. The molecule has 1 atom stereocenters. The molecule has 0 radical (unpaired) electrons. The van der Waals surface area contributed by atoms with Crippen molar-refractivity contribution in [2.24, 2.45) is 5.92 Å². The molecule has 1 heterocycles. The molecule has 0 fully saturated rings. The lowest BCUT2D eigenvalue weighted by Crippen LogP contribution is -2.09. The molecule has 220 valence electrons. The molecule has 0 spiro atoms. The molecule has 0 saturated carbocycles. The van der Waals surface area contributed by atoms with Gasteiger partial charge in [0, 0.05) is 5.56 Å². The second-order valence-electron chi connectivity index (χ2n) is 11.0. The zero-order valence-electron chi connectivity index (χ0n) is 25.2. The van der Waals surface area contributed by atoms with Gasteiger partial charge in [-0.25, -0.2) is 14.8 Å². The minimum Gasteiger partial charge on any atom is -0.494 e. The van der Waals surface area contributed by atoms with Gasteiger partial charge in [-0.1, -0.05) is 83.4 Å². The van der Waals surface area contributed by atoms with E-state index in [-0.39, 0.29) is 5.88 Å². The number of hydrogen-bond acceptors (Lipinski definition) is 5. The highest BCUT2D eigenvalue weighted by molar-refractivity contribution is 5.90. The standard InChI is InChI=1S/C36H48N2O3/c1-4-6-7-8-9-10-11-14-17-30-18-20-32(21-19-30)36(39)41-35-28-37-34(27-38-35)31-22-24-33(25-23-31)40-26-15-12-13-16-29(3)5-2/h4,18-25,27-29H,1,5-17,26H2,2-3H3. The monoisotopic (exact) mass is 556 g/mol. The zero-order valence-corrected chi connectivity index (χ0v) is 25.2. The van der Waals surface area contributed by atoms with Crippen molar-refractivity contribution in [1.29, 1.82) is 0 Å². The first kappa shape index (κ1) is 32.0. The Labute approximate surface area is 247 Å². The fraction of sp³-hybridized carbons (Fsp3) is 0.472. The molecule has 3 aromatic rings. The van der Waals surface area contributed by atoms with Crippen LogP contribution in [0.1, 0.15) is 107 Å². The van der Waals surface area contributed by atoms with Gasteiger partial charge in [-0.05, 0) is 80.0 Å². The third-order valence-electron chi connectivity index (χ3n) is 7.60. The Morgan fingerprint density at radius 2 is 1.56 bits per heavy atom. The SMILES string of the molecule is C=CCCCCCCCCc1ccc(C(=O)Oc2cnc(-c3ccc(OCCCCCC(C)CC)cc3)cn2)cc1. The number of rotatable bonds is 20. The highest BCUT2D eigenvalue weighted by Gasteiger charge is 2.11. The van der Waals surface area contributed by atoms with Crippen LogP contribution in [0.15, 0.2) is 73.6 Å². The summed E-state index contributed by atoms with van der Waals surface area (Å²) in [5.41, 5.74) is 3.39. The second-order valence-corrected chi connectivity index (χ2v) is 11.0. The van der Waals surface area contributed by atoms with E-state index in [1.165, 1.54) is 76.0 Å². The number of carbonyl (C=O) groups is 1. The van der Waals surface area contributed by atoms with Gasteiger partial charge in [0.2, 0.25) is 5.88 Å². The number of aromatic nitrogens is 2. The van der Waals surface area contributed by atoms with Crippen LogP contribution < -0.4 is 9.47 Å². The molecular weight excluding hydrogens is 508 g/mol. The van der Waals surface area contributed by atoms with Gasteiger partial charge >= 0.3 is 5.97 Å². The summed E-state index contributed by atoms with van der Waals surface area (Å²) in [5, 5.41) is 0. The lowest BCUT2D eigenvalue weighted by Gasteiger charge is -2.09. The number of benzene rings is 2. The van der Waals surface area contributed by atoms with Crippen molar-refractivity contribution in [2.45, 2.75) is 97.3 Å². The molecule has 0 aliphatic carbocycles. The Hall–Kier alpha value is -3.47. The van der Waals surface area contributed by atoms with Crippen LogP contribution in [0.25, 0.3) is 11.3 Å². The van der Waals surface area contributed by atoms with E-state index in [1.54, 1.807) is 6.20 Å². The van der Waals surface area contributed by atoms with E-state index in [4.69, 9.17) is 9.47 Å². The highest BCUT2D eigenvalue weighted by Crippen LogP contribution is 2.22. The molecule has 3 rings (SSSR count). The molecule has 1 aromatic heterocycles. The maximum atomic E-state index is 12.6. The lowest BCUT2D eigenvalue weighted by molar-refractivity contribution is 0.0727. The Kier molecular flexibility index (Phi) is 14.7. The second kappa shape index (κ2) is 18.8. The van der Waals surface area contributed by atoms with Crippen molar-refractivity contribution >= 4 is 5.97 Å². The Morgan fingerprint density at radius 3 is 2.24 bits per heavy atom. The van der Waals surface area contributed by atoms with Gasteiger partial charge in [0.15, 0.2) is 0 Å². The summed E-state index contributed by atoms with van der Waals surface area (Å²) in [6.45, 7) is 9.08. The first-order chi connectivity index (χ1) is 20.1. The van der Waals surface area contributed by atoms with E-state index in [0.717, 1.165) is 43.1 Å². The van der Waals surface area contributed by atoms with Crippen molar-refractivity contribution < 1.29 is 14.3 Å². The number of carbonyl (C=O) groups excluding carboxylic acids is 1. The van der Waals surface area contributed by atoms with Crippen LogP contribution in [0.3, 0.4) is 0 Å². The number of unbranched alkanes of at least 4 members (excludes halogenated alkanes) is 8. The molecular formula is C36H48N2O3. The van der Waals surface area contributed by atoms with Crippen LogP contribution in [-0.4, -0.2) is 22.5 Å². The van der Waals surface area contributed by atoms with Crippen LogP contribution in [0, 0.1) is 5.92 Å². The summed E-state index contributed by atoms with van der Waals surface area (Å²) in [6.07, 6.45) is 20.9. The van der Waals surface area contributed by atoms with Crippen molar-refractivity contribution in [1.82, 2.24) is 9.97 Å². The first-order valence-electron chi connectivity index (χ1n) is 15.6. The molecule has 0 N–H and O–H groups in total. The summed E-state index contributed by atoms with van der Waals surface area (Å²) in [6, 6.07) is 15.5. The minimum absolute atomic E-state index is 0.184. The van der Waals surface area contributed by atoms with Crippen molar-refractivity contribution in [3.63, 3.8) is 0 Å². The Balaban J connectivity index is 1.37. The predicted octanol–water partition coefficient (Wildman–Crippen LogP) is 9.81. The molecule has 0 bridgehead atoms. The quantitative estimate of drug-likeness (QED) is 0.0787. The molecule has 1 unspecified atom stereocenters. The van der Waals surface area contributed by atoms with Crippen LogP contribution in [0.2, 0.25) is 0 Å². The first-order valence-corrected chi connectivity index (χ1v) is 15.6. The fourth-order valence-electron chi connectivity index (χ4n) is 4.69. The fourth-order valence-corrected chi connectivity index (χ4v) is 4.69. The van der Waals surface area contributed by atoms with E-state index >= 15 is 0 Å². The lowest BCUT2D eigenvalue weighted by atomic mass is 10.0. The summed E-state index contributed by atoms with van der Waals surface area (Å²) >= 11 is 0. The smallest absolute Gasteiger partial charge is 0.344 e. The van der Waals surface area contributed by atoms with Crippen molar-refractivity contribution in [3.05, 3.63) is 84.7 Å². The number of allylic oxidation sites excluding steroid dienone is 1. The molecule has 41 heavy (non-hydrogen) atoms. The van der Waals surface area contributed by atoms with E-state index in [0.29, 0.717) is 11.3 Å². The van der Waals surface area contributed by atoms with Crippen LogP contribution in [-0.2, 0) is 6.42 Å².